The Morgan fingerprint density at radius 2 is 1.84 bits per heavy atom. The first-order chi connectivity index (χ1) is 9.15. The maximum Gasteiger partial charge on any atom is 0.336 e. The molecule has 0 fully saturated rings. The molecular formula is C15H14O4. The highest BCUT2D eigenvalue weighted by atomic mass is 16.5. The molecule has 0 spiro atoms. The summed E-state index contributed by atoms with van der Waals surface area (Å²) < 4.78 is 5.04. The number of carboxylic acid groups (broad SMARTS) is 1. The van der Waals surface area contributed by atoms with Crippen molar-refractivity contribution in [3.8, 4) is 16.9 Å². The maximum absolute atomic E-state index is 11.3. The molecule has 0 amide bonds. The lowest BCUT2D eigenvalue weighted by Gasteiger charge is -2.09. The van der Waals surface area contributed by atoms with Crippen molar-refractivity contribution in [2.75, 3.05) is 7.11 Å². The van der Waals surface area contributed by atoms with Crippen LogP contribution in [0, 0.1) is 0 Å². The van der Waals surface area contributed by atoms with E-state index in [0.29, 0.717) is 11.3 Å². The smallest absolute Gasteiger partial charge is 0.336 e. The van der Waals surface area contributed by atoms with Crippen molar-refractivity contribution >= 4 is 5.97 Å². The molecule has 2 aromatic rings. The summed E-state index contributed by atoms with van der Waals surface area (Å²) in [6, 6.07) is 12.1. The lowest BCUT2D eigenvalue weighted by Crippen LogP contribution is -2.00. The van der Waals surface area contributed by atoms with E-state index < -0.39 is 5.97 Å². The van der Waals surface area contributed by atoms with Crippen LogP contribution in [-0.2, 0) is 6.61 Å². The third-order valence-electron chi connectivity index (χ3n) is 2.90. The molecule has 0 saturated heterocycles. The van der Waals surface area contributed by atoms with Gasteiger partial charge in [-0.25, -0.2) is 4.79 Å². The number of rotatable bonds is 4. The van der Waals surface area contributed by atoms with Crippen molar-refractivity contribution in [2.45, 2.75) is 6.61 Å². The van der Waals surface area contributed by atoms with E-state index in [1.54, 1.807) is 36.4 Å². The van der Waals surface area contributed by atoms with E-state index in [1.165, 1.54) is 13.2 Å². The molecule has 4 nitrogen and oxygen atoms in total. The number of methoxy groups -OCH3 is 1. The molecule has 0 atom stereocenters. The van der Waals surface area contributed by atoms with Crippen LogP contribution in [0.15, 0.2) is 42.5 Å². The molecule has 98 valence electrons. The Morgan fingerprint density at radius 3 is 2.37 bits per heavy atom. The number of carboxylic acids is 1. The molecule has 0 saturated carbocycles. The maximum atomic E-state index is 11.3. The lowest BCUT2D eigenvalue weighted by molar-refractivity contribution is 0.0697. The van der Waals surface area contributed by atoms with Crippen LogP contribution in [-0.4, -0.2) is 23.3 Å². The van der Waals surface area contributed by atoms with Gasteiger partial charge < -0.3 is 14.9 Å². The quantitative estimate of drug-likeness (QED) is 0.884. The second kappa shape index (κ2) is 5.54. The van der Waals surface area contributed by atoms with Crippen molar-refractivity contribution in [3.05, 3.63) is 53.6 Å². The Hall–Kier alpha value is -2.33. The summed E-state index contributed by atoms with van der Waals surface area (Å²) in [5.74, 6) is -0.492. The minimum Gasteiger partial charge on any atom is -0.497 e. The van der Waals surface area contributed by atoms with E-state index in [0.717, 1.165) is 11.1 Å². The molecule has 0 aliphatic carbocycles. The molecule has 0 radical (unpaired) electrons. The first-order valence-electron chi connectivity index (χ1n) is 5.77. The largest absolute Gasteiger partial charge is 0.497 e. The van der Waals surface area contributed by atoms with Crippen LogP contribution in [0.2, 0.25) is 0 Å². The predicted molar refractivity (Wildman–Crippen MR) is 71.3 cm³/mol. The zero-order valence-electron chi connectivity index (χ0n) is 10.5. The summed E-state index contributed by atoms with van der Waals surface area (Å²) in [5, 5.41) is 18.3. The standard InChI is InChI=1S/C15H14O4/c1-19-12-6-7-13(14(8-12)15(17)18)11-4-2-10(9-16)3-5-11/h2-8,16H,9H2,1H3,(H,17,18). The van der Waals surface area contributed by atoms with Gasteiger partial charge in [-0.15, -0.1) is 0 Å². The second-order valence-corrected chi connectivity index (χ2v) is 4.07. The third kappa shape index (κ3) is 2.74. The Labute approximate surface area is 110 Å². The van der Waals surface area contributed by atoms with E-state index in [2.05, 4.69) is 0 Å². The Kier molecular flexibility index (Phi) is 3.82. The summed E-state index contributed by atoms with van der Waals surface area (Å²) in [6.45, 7) is -0.0331. The van der Waals surface area contributed by atoms with E-state index >= 15 is 0 Å². The number of benzene rings is 2. The molecular weight excluding hydrogens is 244 g/mol. The molecule has 0 aliphatic rings. The minimum absolute atomic E-state index is 0.0331. The summed E-state index contributed by atoms with van der Waals surface area (Å²) >= 11 is 0. The van der Waals surface area contributed by atoms with Crippen molar-refractivity contribution < 1.29 is 19.7 Å². The second-order valence-electron chi connectivity index (χ2n) is 4.07. The summed E-state index contributed by atoms with van der Waals surface area (Å²) in [7, 11) is 1.50. The van der Waals surface area contributed by atoms with Gasteiger partial charge in [-0.05, 0) is 34.9 Å². The molecule has 19 heavy (non-hydrogen) atoms. The Balaban J connectivity index is 2.50. The minimum atomic E-state index is -1.000. The zero-order valence-corrected chi connectivity index (χ0v) is 10.5. The van der Waals surface area contributed by atoms with Crippen molar-refractivity contribution in [3.63, 3.8) is 0 Å². The number of hydrogen-bond donors (Lipinski definition) is 2. The number of aliphatic hydroxyl groups is 1. The molecule has 0 bridgehead atoms. The van der Waals surface area contributed by atoms with Crippen LogP contribution in [0.5, 0.6) is 5.75 Å². The lowest BCUT2D eigenvalue weighted by atomic mass is 9.98. The number of ether oxygens (including phenoxy) is 1. The highest BCUT2D eigenvalue weighted by molar-refractivity contribution is 5.96. The van der Waals surface area contributed by atoms with E-state index in [1.807, 2.05) is 0 Å². The van der Waals surface area contributed by atoms with Gasteiger partial charge in [0.15, 0.2) is 0 Å². The SMILES string of the molecule is COc1ccc(-c2ccc(CO)cc2)c(C(=O)O)c1. The number of aliphatic hydroxyl groups excluding tert-OH is 1. The van der Waals surface area contributed by atoms with Gasteiger partial charge >= 0.3 is 5.97 Å². The molecule has 0 unspecified atom stereocenters. The molecule has 0 aromatic heterocycles. The summed E-state index contributed by atoms with van der Waals surface area (Å²) in [4.78, 5) is 11.3. The van der Waals surface area contributed by atoms with Gasteiger partial charge in [0.2, 0.25) is 0 Å². The summed E-state index contributed by atoms with van der Waals surface area (Å²) in [5.41, 5.74) is 2.39. The summed E-state index contributed by atoms with van der Waals surface area (Å²) in [6.07, 6.45) is 0. The van der Waals surface area contributed by atoms with Gasteiger partial charge in [-0.3, -0.25) is 0 Å². The van der Waals surface area contributed by atoms with E-state index in [4.69, 9.17) is 9.84 Å². The van der Waals surface area contributed by atoms with E-state index in [9.17, 15) is 9.90 Å². The van der Waals surface area contributed by atoms with Crippen LogP contribution in [0.4, 0.5) is 0 Å². The number of aromatic carboxylic acids is 1. The van der Waals surface area contributed by atoms with Crippen LogP contribution >= 0.6 is 0 Å². The van der Waals surface area contributed by atoms with Gasteiger partial charge in [0.25, 0.3) is 0 Å². The van der Waals surface area contributed by atoms with Crippen LogP contribution in [0.3, 0.4) is 0 Å². The normalized spacial score (nSPS) is 10.2. The van der Waals surface area contributed by atoms with Gasteiger partial charge in [0.1, 0.15) is 5.75 Å². The highest BCUT2D eigenvalue weighted by Crippen LogP contribution is 2.27. The average Bonchev–Trinajstić information content (AvgIpc) is 2.46. The fourth-order valence-corrected chi connectivity index (χ4v) is 1.87. The van der Waals surface area contributed by atoms with Gasteiger partial charge in [0.05, 0.1) is 19.3 Å². The molecule has 0 aliphatic heterocycles. The van der Waals surface area contributed by atoms with E-state index in [-0.39, 0.29) is 12.2 Å². The Morgan fingerprint density at radius 1 is 1.16 bits per heavy atom. The first-order valence-corrected chi connectivity index (χ1v) is 5.77. The number of hydrogen-bond acceptors (Lipinski definition) is 3. The van der Waals surface area contributed by atoms with Gasteiger partial charge in [0, 0.05) is 0 Å². The van der Waals surface area contributed by atoms with Crippen LogP contribution in [0.1, 0.15) is 15.9 Å². The number of carbonyl (C=O) groups is 1. The highest BCUT2D eigenvalue weighted by Gasteiger charge is 2.13. The third-order valence-corrected chi connectivity index (χ3v) is 2.90. The molecule has 2 N–H and O–H groups in total. The average molecular weight is 258 g/mol. The zero-order chi connectivity index (χ0) is 13.8. The Bertz CT molecular complexity index is 588. The van der Waals surface area contributed by atoms with Crippen molar-refractivity contribution in [1.29, 1.82) is 0 Å². The van der Waals surface area contributed by atoms with Gasteiger partial charge in [-0.2, -0.15) is 0 Å². The van der Waals surface area contributed by atoms with Crippen LogP contribution < -0.4 is 4.74 Å². The first kappa shape index (κ1) is 13.1. The predicted octanol–water partition coefficient (Wildman–Crippen LogP) is 2.55. The fourth-order valence-electron chi connectivity index (χ4n) is 1.87. The van der Waals surface area contributed by atoms with Crippen LogP contribution in [0.25, 0.3) is 11.1 Å². The van der Waals surface area contributed by atoms with Gasteiger partial charge in [-0.1, -0.05) is 24.3 Å². The molecule has 2 rings (SSSR count). The molecule has 2 aromatic carbocycles. The fraction of sp³-hybridized carbons (Fsp3) is 0.133. The van der Waals surface area contributed by atoms with Crippen molar-refractivity contribution in [2.24, 2.45) is 0 Å². The monoisotopic (exact) mass is 258 g/mol. The van der Waals surface area contributed by atoms with Crippen molar-refractivity contribution in [1.82, 2.24) is 0 Å². The topological polar surface area (TPSA) is 66.8 Å². The molecule has 4 heteroatoms. The molecule has 0 heterocycles.